The van der Waals surface area contributed by atoms with E-state index in [4.69, 9.17) is 0 Å². The van der Waals surface area contributed by atoms with Crippen LogP contribution in [0.25, 0.3) is 0 Å². The molecule has 0 rings (SSSR count). The third-order valence-electron chi connectivity index (χ3n) is 0.407. The van der Waals surface area contributed by atoms with E-state index < -0.39 is 0 Å². The smallest absolute Gasteiger partial charge is 0.136 e. The van der Waals surface area contributed by atoms with E-state index in [0.717, 1.165) is 13.0 Å². The highest BCUT2D eigenvalue weighted by Gasteiger charge is 1.72. The van der Waals surface area contributed by atoms with Gasteiger partial charge in [-0.05, 0) is 6.42 Å². The van der Waals surface area contributed by atoms with Gasteiger partial charge >= 0.3 is 0 Å². The third-order valence-corrected chi connectivity index (χ3v) is 0.718. The number of rotatable bonds is 3. The van der Waals surface area contributed by atoms with Crippen LogP contribution in [0.15, 0.2) is 0 Å². The lowest BCUT2D eigenvalue weighted by Gasteiger charge is -1.90. The van der Waals surface area contributed by atoms with Crippen LogP contribution in [0.3, 0.4) is 0 Å². The topological polar surface area (TPSA) is 21.3 Å². The van der Waals surface area contributed by atoms with Crippen molar-refractivity contribution in [1.82, 2.24) is 5.48 Å². The van der Waals surface area contributed by atoms with Crippen molar-refractivity contribution in [2.24, 2.45) is 0 Å². The summed E-state index contributed by atoms with van der Waals surface area (Å²) in [6, 6.07) is 0. The molecular weight excluding hydrogens is 193 g/mol. The maximum Gasteiger partial charge on any atom is 0.136 e. The largest absolute Gasteiger partial charge is 0.233 e. The van der Waals surface area contributed by atoms with Gasteiger partial charge in [0.2, 0.25) is 0 Å². The Morgan fingerprint density at radius 1 is 1.83 bits per heavy atom. The van der Waals surface area contributed by atoms with E-state index in [1.54, 1.807) is 23.0 Å². The molecule has 0 fully saturated rings. The van der Waals surface area contributed by atoms with Gasteiger partial charge in [-0.3, -0.25) is 0 Å². The summed E-state index contributed by atoms with van der Waals surface area (Å²) < 4.78 is 4.50. The number of halogens is 1. The average molecular weight is 201 g/mol. The molecule has 0 aliphatic rings. The predicted octanol–water partition coefficient (Wildman–Crippen LogP) is 1.27. The van der Waals surface area contributed by atoms with Crippen molar-refractivity contribution in [2.45, 2.75) is 13.3 Å². The van der Waals surface area contributed by atoms with Gasteiger partial charge in [0.05, 0.1) is 0 Å². The minimum Gasteiger partial charge on any atom is -0.233 e. The zero-order chi connectivity index (χ0) is 4.83. The fourth-order valence-electron chi connectivity index (χ4n) is 0.141. The lowest BCUT2D eigenvalue weighted by molar-refractivity contribution is 0.282. The molecule has 0 aromatic carbocycles. The van der Waals surface area contributed by atoms with E-state index in [9.17, 15) is 0 Å². The Kier molecular flexibility index (Phi) is 6.26. The van der Waals surface area contributed by atoms with Crippen LogP contribution in [-0.2, 0) is 3.17 Å². The molecule has 0 aliphatic heterocycles. The first-order valence-electron chi connectivity index (χ1n) is 1.92. The van der Waals surface area contributed by atoms with Crippen molar-refractivity contribution < 1.29 is 3.17 Å². The minimum atomic E-state index is 0.933. The van der Waals surface area contributed by atoms with Crippen LogP contribution in [0.1, 0.15) is 13.3 Å². The van der Waals surface area contributed by atoms with E-state index in [0.29, 0.717) is 0 Å². The molecule has 0 saturated heterocycles. The van der Waals surface area contributed by atoms with E-state index in [1.165, 1.54) is 0 Å². The summed E-state index contributed by atoms with van der Waals surface area (Å²) in [7, 11) is 0. The van der Waals surface area contributed by atoms with Crippen molar-refractivity contribution in [2.75, 3.05) is 6.54 Å². The summed E-state index contributed by atoms with van der Waals surface area (Å²) in [5.41, 5.74) is 2.68. The van der Waals surface area contributed by atoms with E-state index in [-0.39, 0.29) is 0 Å². The first-order chi connectivity index (χ1) is 2.91. The predicted molar refractivity (Wildman–Crippen MR) is 33.4 cm³/mol. The Hall–Kier alpha value is 0.650. The Bertz CT molecular complexity index is 22.8. The molecule has 6 heavy (non-hydrogen) atoms. The van der Waals surface area contributed by atoms with Gasteiger partial charge in [0.25, 0.3) is 0 Å². The van der Waals surface area contributed by atoms with Gasteiger partial charge in [0.15, 0.2) is 0 Å². The Morgan fingerprint density at radius 3 is 2.67 bits per heavy atom. The Labute approximate surface area is 51.9 Å². The van der Waals surface area contributed by atoms with Crippen LogP contribution in [-0.4, -0.2) is 6.54 Å². The molecule has 0 bridgehead atoms. The van der Waals surface area contributed by atoms with Crippen molar-refractivity contribution in [3.05, 3.63) is 0 Å². The van der Waals surface area contributed by atoms with Gasteiger partial charge in [-0.15, -0.1) is 0 Å². The van der Waals surface area contributed by atoms with Crippen LogP contribution in [0.2, 0.25) is 0 Å². The Balaban J connectivity index is 2.34. The molecule has 0 aliphatic carbocycles. The van der Waals surface area contributed by atoms with Gasteiger partial charge in [0.1, 0.15) is 23.0 Å². The second-order valence-electron chi connectivity index (χ2n) is 0.971. The second kappa shape index (κ2) is 5.65. The lowest BCUT2D eigenvalue weighted by atomic mass is 10.5. The maximum absolute atomic E-state index is 4.50. The molecule has 0 amide bonds. The number of hydrogen-bond acceptors (Lipinski definition) is 2. The molecule has 0 radical (unpaired) electrons. The first-order valence-corrected chi connectivity index (χ1v) is 2.80. The summed E-state index contributed by atoms with van der Waals surface area (Å²) in [4.78, 5) is 0. The number of hydrogen-bond donors (Lipinski definition) is 1. The molecule has 2 nitrogen and oxygen atoms in total. The Morgan fingerprint density at radius 2 is 2.50 bits per heavy atom. The molecule has 38 valence electrons. The molecule has 0 aromatic heterocycles. The van der Waals surface area contributed by atoms with Crippen LogP contribution < -0.4 is 5.48 Å². The zero-order valence-electron chi connectivity index (χ0n) is 3.70. The van der Waals surface area contributed by atoms with Crippen molar-refractivity contribution in [3.8, 4) is 0 Å². The number of nitrogens with one attached hydrogen (secondary N) is 1. The summed E-state index contributed by atoms with van der Waals surface area (Å²) in [6.07, 6.45) is 1.11. The fraction of sp³-hybridized carbons (Fsp3) is 1.00. The first kappa shape index (κ1) is 6.65. The third kappa shape index (κ3) is 4.65. The van der Waals surface area contributed by atoms with Crippen LogP contribution in [0.4, 0.5) is 0 Å². The number of hydroxylamine groups is 1. The lowest BCUT2D eigenvalue weighted by Crippen LogP contribution is -2.07. The van der Waals surface area contributed by atoms with Crippen LogP contribution in [0, 0.1) is 0 Å². The summed E-state index contributed by atoms with van der Waals surface area (Å²) in [6.45, 7) is 3.02. The van der Waals surface area contributed by atoms with Gasteiger partial charge in [0, 0.05) is 6.54 Å². The van der Waals surface area contributed by atoms with Crippen LogP contribution in [0.5, 0.6) is 0 Å². The highest BCUT2D eigenvalue weighted by atomic mass is 127. The molecule has 1 N–H and O–H groups in total. The molecule has 0 unspecified atom stereocenters. The molecule has 0 atom stereocenters. The summed E-state index contributed by atoms with van der Waals surface area (Å²) >= 11 is 1.80. The van der Waals surface area contributed by atoms with Crippen molar-refractivity contribution in [3.63, 3.8) is 0 Å². The van der Waals surface area contributed by atoms with Gasteiger partial charge < -0.3 is 0 Å². The quantitative estimate of drug-likeness (QED) is 0.421. The normalized spacial score (nSPS) is 9.00. The van der Waals surface area contributed by atoms with E-state index in [1.807, 2.05) is 0 Å². The summed E-state index contributed by atoms with van der Waals surface area (Å²) in [5.74, 6) is 0. The SMILES string of the molecule is CCCNOI. The average Bonchev–Trinajstić information content (AvgIpc) is 1.61. The van der Waals surface area contributed by atoms with E-state index in [2.05, 4.69) is 15.6 Å². The van der Waals surface area contributed by atoms with Gasteiger partial charge in [-0.25, -0.2) is 3.17 Å². The van der Waals surface area contributed by atoms with E-state index >= 15 is 0 Å². The highest BCUT2D eigenvalue weighted by Crippen LogP contribution is 1.77. The van der Waals surface area contributed by atoms with Crippen molar-refractivity contribution in [1.29, 1.82) is 0 Å². The standard InChI is InChI=1S/C3H8INO/c1-2-3-5-6-4/h5H,2-3H2,1H3. The summed E-state index contributed by atoms with van der Waals surface area (Å²) in [5, 5.41) is 0. The molecule has 0 spiro atoms. The molecular formula is C3H8INO. The maximum atomic E-state index is 4.50. The fourth-order valence-corrected chi connectivity index (χ4v) is 0.361. The molecule has 0 saturated carbocycles. The van der Waals surface area contributed by atoms with Crippen molar-refractivity contribution >= 4 is 23.0 Å². The van der Waals surface area contributed by atoms with Gasteiger partial charge in [-0.1, -0.05) is 6.92 Å². The molecule has 0 heterocycles. The second-order valence-corrected chi connectivity index (χ2v) is 1.41. The highest BCUT2D eigenvalue weighted by molar-refractivity contribution is 14.1. The van der Waals surface area contributed by atoms with Gasteiger partial charge in [-0.2, -0.15) is 5.48 Å². The monoisotopic (exact) mass is 201 g/mol. The minimum absolute atomic E-state index is 0.933. The van der Waals surface area contributed by atoms with Crippen LogP contribution >= 0.6 is 23.0 Å². The molecule has 3 heteroatoms. The zero-order valence-corrected chi connectivity index (χ0v) is 5.86. The molecule has 0 aromatic rings.